The predicted octanol–water partition coefficient (Wildman–Crippen LogP) is 10.7. The number of hydrogen-bond acceptors (Lipinski definition) is 14. The summed E-state index contributed by atoms with van der Waals surface area (Å²) >= 11 is 5.00. The topological polar surface area (TPSA) is 279 Å². The van der Waals surface area contributed by atoms with Crippen LogP contribution in [0, 0.1) is 17.8 Å². The Labute approximate surface area is 468 Å². The highest BCUT2D eigenvalue weighted by Gasteiger charge is 2.36. The quantitative estimate of drug-likeness (QED) is 0.0107. The monoisotopic (exact) mass is 1120 g/mol. The van der Waals surface area contributed by atoms with Crippen LogP contribution in [0.3, 0.4) is 0 Å². The summed E-state index contributed by atoms with van der Waals surface area (Å²) < 4.78 is 45.0. The third kappa shape index (κ3) is 42.8. The normalized spacial score (nSPS) is 10.4. The number of aldehydes is 1. The molecule has 19 nitrogen and oxygen atoms in total. The molecule has 2 aromatic rings. The molecule has 0 unspecified atom stereocenters. The molecule has 2 aromatic carbocycles. The van der Waals surface area contributed by atoms with E-state index >= 15 is 0 Å². The third-order valence-electron chi connectivity index (χ3n) is 8.88. The smallest absolute Gasteiger partial charge is 0.408 e. The van der Waals surface area contributed by atoms with Crippen molar-refractivity contribution in [1.29, 1.82) is 0 Å². The molecule has 0 fully saturated rings. The molecule has 0 bridgehead atoms. The van der Waals surface area contributed by atoms with Gasteiger partial charge in [0.25, 0.3) is 6.47 Å². The van der Waals surface area contributed by atoms with Gasteiger partial charge in [0.1, 0.15) is 24.2 Å². The first-order chi connectivity index (χ1) is 35.6. The molecule has 440 valence electrons. The number of amides is 2. The molecule has 2 amide bonds. The summed E-state index contributed by atoms with van der Waals surface area (Å²) in [5, 5.41) is 14.8. The number of hydrogen-bond donors (Lipinski definition) is 5. The number of ether oxygens (including phenoxy) is 4. The van der Waals surface area contributed by atoms with Gasteiger partial charge in [-0.1, -0.05) is 78.6 Å². The van der Waals surface area contributed by atoms with Gasteiger partial charge in [-0.25, -0.2) is 13.2 Å². The number of carbonyl (C=O) groups excluding carboxylic acids is 5. The summed E-state index contributed by atoms with van der Waals surface area (Å²) in [7, 11) is -3.37. The zero-order valence-corrected chi connectivity index (χ0v) is 51.9. The highest BCUT2D eigenvalue weighted by Crippen LogP contribution is 2.39. The molecule has 0 heterocycles. The van der Waals surface area contributed by atoms with Crippen molar-refractivity contribution in [2.45, 2.75) is 178 Å². The molecular formula is C56H98N8O11S2. The third-order valence-corrected chi connectivity index (χ3v) is 11.8. The van der Waals surface area contributed by atoms with E-state index in [2.05, 4.69) is 100 Å². The van der Waals surface area contributed by atoms with Gasteiger partial charge >= 0.3 is 12.1 Å². The van der Waals surface area contributed by atoms with Crippen molar-refractivity contribution in [2.75, 3.05) is 59.1 Å². The molecule has 77 heavy (non-hydrogen) atoms. The van der Waals surface area contributed by atoms with Crippen molar-refractivity contribution < 1.29 is 51.3 Å². The Kier molecular flexibility index (Phi) is 46.8. The lowest BCUT2D eigenvalue weighted by molar-refractivity contribution is -0.164. The number of sulfone groups is 1. The standard InChI is InChI=1S/C19H32O2S.C12H16N2O2S.C9H18O2.C6H11NO3.C6H9NO2.C2H5N3.C2H7N/c1-12(2)15-10-16(13(3)4)18(17(11-15)14(5)6)22(20,21)19(7,8)9;1-2-13-12(17)14-7-8-16-11-5-3-10(9-15)4-6-11;1-8(2,3)7(10)11-9(4,5)6;1-2-7-6(9)3-4-10-5-8;1-3-5-9-6(8)7-4-2;1-2-4-5-3;1-2-3/h10-14H,1-9H3;3-6,9H,2,7-8H2,1H3,(H2,13,14,17);1-6H3;5H,2-4H2,1H3,(H,7,9);1H,4-5H2,2H3,(H,7,8);2H2,1H3;2-3H2,1H3. The average molecular weight is 1120 g/mol. The second-order valence-corrected chi connectivity index (χ2v) is 23.2. The number of esters is 1. The van der Waals surface area contributed by atoms with E-state index in [4.69, 9.17) is 39.4 Å². The molecule has 0 saturated heterocycles. The predicted molar refractivity (Wildman–Crippen MR) is 316 cm³/mol. The van der Waals surface area contributed by atoms with Crippen molar-refractivity contribution in [1.82, 2.24) is 21.3 Å². The molecule has 0 radical (unpaired) electrons. The van der Waals surface area contributed by atoms with E-state index in [1.54, 1.807) is 58.9 Å². The maximum Gasteiger partial charge on any atom is 0.408 e. The van der Waals surface area contributed by atoms with Crippen molar-refractivity contribution >= 4 is 57.9 Å². The number of terminal acetylenes is 1. The Morgan fingerprint density at radius 2 is 1.30 bits per heavy atom. The molecule has 0 saturated carbocycles. The van der Waals surface area contributed by atoms with Gasteiger partial charge in [0.15, 0.2) is 21.6 Å². The number of carbonyl (C=O) groups is 5. The molecule has 6 N–H and O–H groups in total. The number of nitrogens with two attached hydrogens (primary N) is 1. The van der Waals surface area contributed by atoms with Crippen LogP contribution in [0.25, 0.3) is 10.4 Å². The second kappa shape index (κ2) is 45.1. The second-order valence-electron chi connectivity index (χ2n) is 20.1. The van der Waals surface area contributed by atoms with Gasteiger partial charge in [-0.2, -0.15) is 0 Å². The molecule has 21 heteroatoms. The number of nitrogens with one attached hydrogen (secondary N) is 4. The first-order valence-electron chi connectivity index (χ1n) is 25.9. The lowest BCUT2D eigenvalue weighted by atomic mass is 9.89. The molecule has 2 rings (SSSR count). The Morgan fingerprint density at radius 3 is 1.62 bits per heavy atom. The lowest BCUT2D eigenvalue weighted by Gasteiger charge is -2.27. The molecule has 0 aromatic heterocycles. The van der Waals surface area contributed by atoms with E-state index in [1.165, 1.54) is 5.56 Å². The fraction of sp³-hybridized carbons (Fsp3) is 0.643. The summed E-state index contributed by atoms with van der Waals surface area (Å²) in [5.74, 6) is 3.43. The molecule has 0 aliphatic rings. The number of alkyl carbamates (subject to hydrolysis) is 1. The van der Waals surface area contributed by atoms with Crippen LogP contribution in [0.1, 0.15) is 190 Å². The van der Waals surface area contributed by atoms with E-state index in [9.17, 15) is 32.4 Å². The minimum atomic E-state index is -3.37. The summed E-state index contributed by atoms with van der Waals surface area (Å²) in [5.41, 5.74) is 15.4. The molecule has 0 aliphatic heterocycles. The number of rotatable bonds is 18. The van der Waals surface area contributed by atoms with Crippen LogP contribution < -0.4 is 31.7 Å². The fourth-order valence-corrected chi connectivity index (χ4v) is 7.06. The molecule has 0 aliphatic carbocycles. The van der Waals surface area contributed by atoms with Gasteiger partial charge in [0, 0.05) is 36.7 Å². The Hall–Kier alpha value is -5.94. The van der Waals surface area contributed by atoms with Crippen LogP contribution in [0.5, 0.6) is 5.75 Å². The Morgan fingerprint density at radius 1 is 0.805 bits per heavy atom. The maximum atomic E-state index is 13.2. The van der Waals surface area contributed by atoms with Gasteiger partial charge in [0.2, 0.25) is 5.91 Å². The van der Waals surface area contributed by atoms with E-state index < -0.39 is 26.1 Å². The largest absolute Gasteiger partial charge is 0.492 e. The SMILES string of the molecule is C#CCOC(=O)NCC.CC(C)(C)OC(=O)C(C)(C)C.CC(C)c1cc(C(C)C)c(S(=O)(=O)C(C)(C)C)c(C(C)C)c1.CCN.CCN=[N+]=[N-].CCNC(=O)CCOC=O.CCNC(=S)NCCOc1ccc(C=O)cc1. The first kappa shape index (κ1) is 79.9. The summed E-state index contributed by atoms with van der Waals surface area (Å²) in [6.45, 7) is 43.4. The van der Waals surface area contributed by atoms with Gasteiger partial charge < -0.3 is 45.9 Å². The van der Waals surface area contributed by atoms with Crippen molar-refractivity contribution in [2.24, 2.45) is 16.3 Å². The maximum absolute atomic E-state index is 13.2. The lowest BCUT2D eigenvalue weighted by Crippen LogP contribution is -2.37. The van der Waals surface area contributed by atoms with Crippen molar-refractivity contribution in [3.8, 4) is 18.1 Å². The van der Waals surface area contributed by atoms with Gasteiger partial charge in [-0.3, -0.25) is 19.2 Å². The minimum absolute atomic E-state index is 0.0336. The van der Waals surface area contributed by atoms with Gasteiger partial charge in [0.05, 0.1) is 34.6 Å². The number of nitrogens with zero attached hydrogens (tertiary/aromatic N) is 3. The van der Waals surface area contributed by atoms with Crippen LogP contribution in [0.4, 0.5) is 4.79 Å². The van der Waals surface area contributed by atoms with Crippen LogP contribution in [0.15, 0.2) is 46.4 Å². The fourth-order valence-electron chi connectivity index (χ4n) is 4.99. The van der Waals surface area contributed by atoms with Crippen LogP contribution >= 0.6 is 12.2 Å². The zero-order chi connectivity index (χ0) is 61.0. The average Bonchev–Trinajstić information content (AvgIpc) is 3.32. The van der Waals surface area contributed by atoms with E-state index in [0.717, 1.165) is 36.3 Å². The summed E-state index contributed by atoms with van der Waals surface area (Å²) in [4.78, 5) is 55.3. The number of benzene rings is 2. The number of thiocarbonyl (C=S) groups is 1. The van der Waals surface area contributed by atoms with E-state index in [-0.39, 0.29) is 48.9 Å². The van der Waals surface area contributed by atoms with Crippen molar-refractivity contribution in [3.63, 3.8) is 0 Å². The van der Waals surface area contributed by atoms with E-state index in [0.29, 0.717) is 60.7 Å². The minimum Gasteiger partial charge on any atom is -0.492 e. The van der Waals surface area contributed by atoms with E-state index in [1.807, 2.05) is 62.3 Å². The van der Waals surface area contributed by atoms with Crippen LogP contribution in [-0.4, -0.2) is 114 Å². The Bertz CT molecular complexity index is 2140. The summed E-state index contributed by atoms with van der Waals surface area (Å²) in [6.07, 6.45) is 5.40. The number of azide groups is 1. The zero-order valence-electron chi connectivity index (χ0n) is 50.2. The first-order valence-corrected chi connectivity index (χ1v) is 27.8. The highest BCUT2D eigenvalue weighted by atomic mass is 32.2. The van der Waals surface area contributed by atoms with Gasteiger partial charge in [-0.05, 0) is 166 Å². The van der Waals surface area contributed by atoms with Gasteiger partial charge in [-0.15, -0.1) is 6.42 Å². The summed E-state index contributed by atoms with van der Waals surface area (Å²) in [6, 6.07) is 11.2. The molecule has 0 spiro atoms. The van der Waals surface area contributed by atoms with Crippen molar-refractivity contribution in [3.05, 3.63) is 69.1 Å². The van der Waals surface area contributed by atoms with Crippen LogP contribution in [-0.2, 0) is 38.4 Å². The molecule has 0 atom stereocenters. The van der Waals surface area contributed by atoms with Crippen LogP contribution in [0.2, 0.25) is 0 Å². The highest BCUT2D eigenvalue weighted by molar-refractivity contribution is 7.92. The molecular weight excluding hydrogens is 1020 g/mol. The Balaban J connectivity index is -0.000000281.